The molecule has 19 heavy (non-hydrogen) atoms. The third kappa shape index (κ3) is 2.17. The minimum Gasteiger partial charge on any atom is -0.371 e. The highest BCUT2D eigenvalue weighted by atomic mass is 15.1. The van der Waals surface area contributed by atoms with Gasteiger partial charge in [0.1, 0.15) is 0 Å². The van der Waals surface area contributed by atoms with Crippen molar-refractivity contribution in [1.82, 2.24) is 0 Å². The molecular weight excluding hydrogens is 232 g/mol. The lowest BCUT2D eigenvalue weighted by atomic mass is 9.97. The summed E-state index contributed by atoms with van der Waals surface area (Å²) in [5.41, 5.74) is 2.05. The van der Waals surface area contributed by atoms with Gasteiger partial charge in [-0.25, -0.2) is 0 Å². The van der Waals surface area contributed by atoms with Gasteiger partial charge in [-0.05, 0) is 30.9 Å². The predicted molar refractivity (Wildman–Crippen MR) is 79.3 cm³/mol. The van der Waals surface area contributed by atoms with Gasteiger partial charge in [0, 0.05) is 29.5 Å². The van der Waals surface area contributed by atoms with Crippen LogP contribution in [-0.2, 0) is 0 Å². The molecule has 1 saturated heterocycles. The Labute approximate surface area is 114 Å². The van der Waals surface area contributed by atoms with Crippen LogP contribution < -0.4 is 4.90 Å². The number of piperidine rings is 1. The number of nitrogens with zero attached hydrogens (tertiary/aromatic N) is 2. The summed E-state index contributed by atoms with van der Waals surface area (Å²) in [4.78, 5) is 2.46. The molecule has 0 spiro atoms. The highest BCUT2D eigenvalue weighted by molar-refractivity contribution is 5.97. The maximum Gasteiger partial charge on any atom is 0.0998 e. The second-order valence-corrected chi connectivity index (χ2v) is 5.46. The molecule has 0 unspecified atom stereocenters. The maximum absolute atomic E-state index is 9.21. The van der Waals surface area contributed by atoms with E-state index in [0.29, 0.717) is 0 Å². The fourth-order valence-corrected chi connectivity index (χ4v) is 2.91. The zero-order valence-electron chi connectivity index (χ0n) is 11.3. The van der Waals surface area contributed by atoms with E-state index in [1.54, 1.807) is 0 Å². The minimum absolute atomic E-state index is 0.768. The monoisotopic (exact) mass is 250 g/mol. The SMILES string of the molecule is CC1CCN(c2ccc(C#N)c3ccccc23)CC1. The van der Waals surface area contributed by atoms with Crippen LogP contribution in [0.5, 0.6) is 0 Å². The largest absolute Gasteiger partial charge is 0.371 e. The highest BCUT2D eigenvalue weighted by Gasteiger charge is 2.18. The number of nitriles is 1. The molecule has 0 N–H and O–H groups in total. The Kier molecular flexibility index (Phi) is 3.13. The Hall–Kier alpha value is -2.01. The van der Waals surface area contributed by atoms with Gasteiger partial charge in [0.15, 0.2) is 0 Å². The smallest absolute Gasteiger partial charge is 0.0998 e. The molecule has 3 rings (SSSR count). The zero-order chi connectivity index (χ0) is 13.2. The maximum atomic E-state index is 9.21. The summed E-state index contributed by atoms with van der Waals surface area (Å²) in [7, 11) is 0. The fraction of sp³-hybridized carbons (Fsp3) is 0.353. The van der Waals surface area contributed by atoms with E-state index in [9.17, 15) is 5.26 Å². The Balaban J connectivity index is 2.08. The molecule has 0 bridgehead atoms. The Bertz CT molecular complexity index is 631. The first-order chi connectivity index (χ1) is 9.29. The summed E-state index contributed by atoms with van der Waals surface area (Å²) in [6, 6.07) is 14.6. The summed E-state index contributed by atoms with van der Waals surface area (Å²) in [6.07, 6.45) is 2.52. The van der Waals surface area contributed by atoms with Crippen LogP contribution in [0, 0.1) is 17.2 Å². The lowest BCUT2D eigenvalue weighted by Crippen LogP contribution is -2.32. The number of hydrogen-bond donors (Lipinski definition) is 0. The number of benzene rings is 2. The second-order valence-electron chi connectivity index (χ2n) is 5.46. The van der Waals surface area contributed by atoms with Crippen LogP contribution in [0.15, 0.2) is 36.4 Å². The van der Waals surface area contributed by atoms with Gasteiger partial charge in [-0.3, -0.25) is 0 Å². The Morgan fingerprint density at radius 3 is 2.42 bits per heavy atom. The van der Waals surface area contributed by atoms with E-state index < -0.39 is 0 Å². The van der Waals surface area contributed by atoms with Gasteiger partial charge in [-0.2, -0.15) is 5.26 Å². The first-order valence-corrected chi connectivity index (χ1v) is 6.96. The Morgan fingerprint density at radius 2 is 1.74 bits per heavy atom. The molecule has 0 amide bonds. The minimum atomic E-state index is 0.768. The van der Waals surface area contributed by atoms with Crippen LogP contribution in [0.1, 0.15) is 25.3 Å². The van der Waals surface area contributed by atoms with Crippen LogP contribution >= 0.6 is 0 Å². The second kappa shape index (κ2) is 4.93. The number of anilines is 1. The normalized spacial score (nSPS) is 16.5. The van der Waals surface area contributed by atoms with E-state index in [1.165, 1.54) is 23.9 Å². The first kappa shape index (κ1) is 12.0. The molecule has 2 aromatic carbocycles. The van der Waals surface area contributed by atoms with Gasteiger partial charge in [0.05, 0.1) is 11.6 Å². The van der Waals surface area contributed by atoms with E-state index in [2.05, 4.69) is 36.1 Å². The van der Waals surface area contributed by atoms with Gasteiger partial charge in [-0.15, -0.1) is 0 Å². The molecule has 2 heteroatoms. The molecule has 0 aliphatic carbocycles. The van der Waals surface area contributed by atoms with Crippen molar-refractivity contribution in [2.75, 3.05) is 18.0 Å². The third-order valence-electron chi connectivity index (χ3n) is 4.15. The van der Waals surface area contributed by atoms with Crippen LogP contribution in [0.2, 0.25) is 0 Å². The quantitative estimate of drug-likeness (QED) is 0.766. The molecule has 2 nitrogen and oxygen atoms in total. The van der Waals surface area contributed by atoms with E-state index in [-0.39, 0.29) is 0 Å². The van der Waals surface area contributed by atoms with Crippen LogP contribution in [0.3, 0.4) is 0 Å². The molecule has 96 valence electrons. The zero-order valence-corrected chi connectivity index (χ0v) is 11.3. The van der Waals surface area contributed by atoms with E-state index in [4.69, 9.17) is 0 Å². The van der Waals surface area contributed by atoms with Crippen LogP contribution in [0.25, 0.3) is 10.8 Å². The first-order valence-electron chi connectivity index (χ1n) is 6.96. The number of fused-ring (bicyclic) bond motifs is 1. The van der Waals surface area contributed by atoms with Gasteiger partial charge < -0.3 is 4.90 Å². The van der Waals surface area contributed by atoms with E-state index in [0.717, 1.165) is 30.0 Å². The average Bonchev–Trinajstić information content (AvgIpc) is 2.47. The van der Waals surface area contributed by atoms with Crippen LogP contribution in [0.4, 0.5) is 5.69 Å². The van der Waals surface area contributed by atoms with Crippen molar-refractivity contribution in [3.8, 4) is 6.07 Å². The lowest BCUT2D eigenvalue weighted by molar-refractivity contribution is 0.439. The molecular formula is C17H18N2. The number of hydrogen-bond acceptors (Lipinski definition) is 2. The highest BCUT2D eigenvalue weighted by Crippen LogP contribution is 2.31. The summed E-state index contributed by atoms with van der Waals surface area (Å²) in [5.74, 6) is 0.834. The molecule has 0 saturated carbocycles. The molecule has 1 aliphatic rings. The van der Waals surface area contributed by atoms with Crippen LogP contribution in [-0.4, -0.2) is 13.1 Å². The van der Waals surface area contributed by atoms with Gasteiger partial charge in [-0.1, -0.05) is 31.2 Å². The van der Waals surface area contributed by atoms with Gasteiger partial charge in [0.25, 0.3) is 0 Å². The summed E-state index contributed by atoms with van der Waals surface area (Å²) < 4.78 is 0. The Morgan fingerprint density at radius 1 is 1.05 bits per heavy atom. The molecule has 0 aromatic heterocycles. The number of rotatable bonds is 1. The summed E-state index contributed by atoms with van der Waals surface area (Å²) >= 11 is 0. The van der Waals surface area contributed by atoms with Gasteiger partial charge >= 0.3 is 0 Å². The van der Waals surface area contributed by atoms with Gasteiger partial charge in [0.2, 0.25) is 0 Å². The predicted octanol–water partition coefficient (Wildman–Crippen LogP) is 3.95. The molecule has 0 radical (unpaired) electrons. The van der Waals surface area contributed by atoms with Crippen molar-refractivity contribution in [3.63, 3.8) is 0 Å². The standard InChI is InChI=1S/C17H18N2/c1-13-8-10-19(11-9-13)17-7-6-14(12-18)15-4-2-3-5-16(15)17/h2-7,13H,8-11H2,1H3. The lowest BCUT2D eigenvalue weighted by Gasteiger charge is -2.33. The fourth-order valence-electron chi connectivity index (χ4n) is 2.91. The van der Waals surface area contributed by atoms with Crippen molar-refractivity contribution in [2.45, 2.75) is 19.8 Å². The summed E-state index contributed by atoms with van der Waals surface area (Å²) in [6.45, 7) is 4.57. The molecule has 0 atom stereocenters. The molecule has 1 heterocycles. The molecule has 1 fully saturated rings. The van der Waals surface area contributed by atoms with Crippen molar-refractivity contribution < 1.29 is 0 Å². The molecule has 1 aliphatic heterocycles. The van der Waals surface area contributed by atoms with E-state index in [1.807, 2.05) is 18.2 Å². The van der Waals surface area contributed by atoms with Crippen molar-refractivity contribution in [3.05, 3.63) is 42.0 Å². The van der Waals surface area contributed by atoms with E-state index >= 15 is 0 Å². The average molecular weight is 250 g/mol. The van der Waals surface area contributed by atoms with Crippen molar-refractivity contribution in [2.24, 2.45) is 5.92 Å². The third-order valence-corrected chi connectivity index (χ3v) is 4.15. The van der Waals surface area contributed by atoms with Crippen molar-refractivity contribution >= 4 is 16.5 Å². The topological polar surface area (TPSA) is 27.0 Å². The van der Waals surface area contributed by atoms with Crippen molar-refractivity contribution in [1.29, 1.82) is 5.26 Å². The molecule has 2 aromatic rings. The summed E-state index contributed by atoms with van der Waals surface area (Å²) in [5, 5.41) is 11.5.